The van der Waals surface area contributed by atoms with E-state index in [1.807, 2.05) is 0 Å². The van der Waals surface area contributed by atoms with Crippen molar-refractivity contribution < 1.29 is 17.9 Å². The maximum atomic E-state index is 12.4. The minimum Gasteiger partial charge on any atom is -0.492 e. The average Bonchev–Trinajstić information content (AvgIpc) is 2.69. The van der Waals surface area contributed by atoms with Crippen LogP contribution in [0.3, 0.4) is 0 Å². The summed E-state index contributed by atoms with van der Waals surface area (Å²) in [5.74, 6) is 0.358. The number of ether oxygens (including phenoxy) is 1. The van der Waals surface area contributed by atoms with Crippen LogP contribution < -0.4 is 4.74 Å². The third kappa shape index (κ3) is 2.28. The number of hydrogen-bond acceptors (Lipinski definition) is 2. The molecular weight excluding hydrogens is 269 g/mol. The maximum absolute atomic E-state index is 12.4. The molecule has 0 atom stereocenters. The molecule has 0 saturated carbocycles. The highest BCUT2D eigenvalue weighted by Crippen LogP contribution is 2.31. The van der Waals surface area contributed by atoms with E-state index in [0.717, 1.165) is 12.1 Å². The van der Waals surface area contributed by atoms with E-state index in [4.69, 9.17) is 16.3 Å². The number of rotatable bonds is 2. The molecule has 0 aliphatic carbocycles. The summed E-state index contributed by atoms with van der Waals surface area (Å²) >= 11 is 5.94. The minimum absolute atomic E-state index is 0.206. The molecule has 3 nitrogen and oxygen atoms in total. The summed E-state index contributed by atoms with van der Waals surface area (Å²) < 4.78 is 43.4. The van der Waals surface area contributed by atoms with Crippen LogP contribution in [0.25, 0.3) is 5.69 Å². The second-order valence-corrected chi connectivity index (χ2v) is 3.82. The van der Waals surface area contributed by atoms with Crippen LogP contribution in [0.15, 0.2) is 30.5 Å². The molecule has 0 aliphatic rings. The molecule has 0 N–H and O–H groups in total. The van der Waals surface area contributed by atoms with Crippen molar-refractivity contribution in [2.75, 3.05) is 7.11 Å². The van der Waals surface area contributed by atoms with Gasteiger partial charge in [-0.3, -0.25) is 0 Å². The van der Waals surface area contributed by atoms with Gasteiger partial charge in [0, 0.05) is 0 Å². The van der Waals surface area contributed by atoms with Crippen LogP contribution in [0.2, 0.25) is 5.15 Å². The van der Waals surface area contributed by atoms with Crippen LogP contribution in [0.4, 0.5) is 13.2 Å². The first-order valence-corrected chi connectivity index (χ1v) is 5.26. The molecule has 0 fully saturated rings. The van der Waals surface area contributed by atoms with Crippen LogP contribution in [0.1, 0.15) is 5.56 Å². The van der Waals surface area contributed by atoms with Crippen LogP contribution >= 0.6 is 11.6 Å². The van der Waals surface area contributed by atoms with E-state index < -0.39 is 11.7 Å². The molecule has 0 unspecified atom stereocenters. The molecule has 0 amide bonds. The summed E-state index contributed by atoms with van der Waals surface area (Å²) in [4.78, 5) is 0. The van der Waals surface area contributed by atoms with E-state index >= 15 is 0 Å². The summed E-state index contributed by atoms with van der Waals surface area (Å²) in [6.45, 7) is 0. The summed E-state index contributed by atoms with van der Waals surface area (Å²) in [6.07, 6.45) is -2.97. The van der Waals surface area contributed by atoms with E-state index in [0.29, 0.717) is 11.4 Å². The molecule has 1 heterocycles. The van der Waals surface area contributed by atoms with Crippen LogP contribution in [-0.2, 0) is 6.18 Å². The van der Waals surface area contributed by atoms with Gasteiger partial charge in [-0.2, -0.15) is 18.3 Å². The van der Waals surface area contributed by atoms with Crippen molar-refractivity contribution in [1.82, 2.24) is 9.78 Å². The Morgan fingerprint density at radius 1 is 1.22 bits per heavy atom. The van der Waals surface area contributed by atoms with E-state index in [1.54, 1.807) is 0 Å². The minimum atomic E-state index is -4.36. The molecule has 2 rings (SSSR count). The predicted octanol–water partition coefficient (Wildman–Crippen LogP) is 3.55. The van der Waals surface area contributed by atoms with Crippen molar-refractivity contribution in [3.8, 4) is 11.4 Å². The number of alkyl halides is 3. The average molecular weight is 277 g/mol. The normalized spacial score (nSPS) is 11.6. The Morgan fingerprint density at radius 3 is 2.28 bits per heavy atom. The zero-order valence-electron chi connectivity index (χ0n) is 9.20. The second kappa shape index (κ2) is 4.53. The lowest BCUT2D eigenvalue weighted by Gasteiger charge is -2.08. The number of halogens is 4. The fraction of sp³-hybridized carbons (Fsp3) is 0.182. The molecule has 18 heavy (non-hydrogen) atoms. The van der Waals surface area contributed by atoms with Gasteiger partial charge in [0.1, 0.15) is 0 Å². The molecule has 0 aliphatic heterocycles. The van der Waals surface area contributed by atoms with Gasteiger partial charge in [-0.1, -0.05) is 11.6 Å². The first kappa shape index (κ1) is 12.8. The molecule has 0 radical (unpaired) electrons. The summed E-state index contributed by atoms with van der Waals surface area (Å²) in [5, 5.41) is 4.13. The highest BCUT2D eigenvalue weighted by molar-refractivity contribution is 6.31. The van der Waals surface area contributed by atoms with Gasteiger partial charge in [-0.25, -0.2) is 4.68 Å². The number of nitrogens with zero attached hydrogens (tertiary/aromatic N) is 2. The van der Waals surface area contributed by atoms with Crippen molar-refractivity contribution in [2.45, 2.75) is 6.18 Å². The van der Waals surface area contributed by atoms with Crippen molar-refractivity contribution >= 4 is 11.6 Å². The topological polar surface area (TPSA) is 27.1 Å². The molecule has 7 heteroatoms. The fourth-order valence-electron chi connectivity index (χ4n) is 1.43. The van der Waals surface area contributed by atoms with Gasteiger partial charge < -0.3 is 4.74 Å². The zero-order chi connectivity index (χ0) is 13.3. The lowest BCUT2D eigenvalue weighted by atomic mass is 10.2. The number of methoxy groups -OCH3 is 1. The van der Waals surface area contributed by atoms with Gasteiger partial charge in [-0.15, -0.1) is 0 Å². The van der Waals surface area contributed by atoms with E-state index in [1.165, 1.54) is 30.1 Å². The quantitative estimate of drug-likeness (QED) is 0.839. The zero-order valence-corrected chi connectivity index (χ0v) is 9.96. The maximum Gasteiger partial charge on any atom is 0.416 e. The highest BCUT2D eigenvalue weighted by atomic mass is 35.5. The standard InChI is InChI=1S/C11H8ClF3N2O/c1-18-9-6-16-17(10(9)12)8-4-2-7(3-5-8)11(13,14)15/h2-6H,1H3. The Bertz CT molecular complexity index is 548. The Balaban J connectivity index is 2.37. The Kier molecular flexibility index (Phi) is 3.21. The van der Waals surface area contributed by atoms with Gasteiger partial charge in [0.05, 0.1) is 24.6 Å². The van der Waals surface area contributed by atoms with Crippen molar-refractivity contribution in [3.05, 3.63) is 41.2 Å². The highest BCUT2D eigenvalue weighted by Gasteiger charge is 2.30. The molecule has 0 bridgehead atoms. The monoisotopic (exact) mass is 276 g/mol. The number of aromatic nitrogens is 2. The Morgan fingerprint density at radius 2 is 1.83 bits per heavy atom. The van der Waals surface area contributed by atoms with Gasteiger partial charge in [0.25, 0.3) is 0 Å². The molecule has 0 saturated heterocycles. The Hall–Kier alpha value is -1.69. The van der Waals surface area contributed by atoms with Gasteiger partial charge >= 0.3 is 6.18 Å². The van der Waals surface area contributed by atoms with Crippen LogP contribution in [-0.4, -0.2) is 16.9 Å². The van der Waals surface area contributed by atoms with E-state index in [-0.39, 0.29) is 5.15 Å². The third-order valence-electron chi connectivity index (χ3n) is 2.34. The smallest absolute Gasteiger partial charge is 0.416 e. The summed E-state index contributed by atoms with van der Waals surface area (Å²) in [6, 6.07) is 4.53. The molecule has 0 spiro atoms. The van der Waals surface area contributed by atoms with Gasteiger partial charge in [-0.05, 0) is 24.3 Å². The van der Waals surface area contributed by atoms with E-state index in [2.05, 4.69) is 5.10 Å². The van der Waals surface area contributed by atoms with Crippen molar-refractivity contribution in [3.63, 3.8) is 0 Å². The molecular formula is C11H8ClF3N2O. The third-order valence-corrected chi connectivity index (χ3v) is 2.69. The first-order valence-electron chi connectivity index (χ1n) is 4.88. The number of benzene rings is 1. The SMILES string of the molecule is COc1cnn(-c2ccc(C(F)(F)F)cc2)c1Cl. The van der Waals surface area contributed by atoms with Crippen molar-refractivity contribution in [1.29, 1.82) is 0 Å². The number of hydrogen-bond donors (Lipinski definition) is 0. The largest absolute Gasteiger partial charge is 0.492 e. The lowest BCUT2D eigenvalue weighted by Crippen LogP contribution is -2.05. The molecule has 2 aromatic rings. The molecule has 96 valence electrons. The summed E-state index contributed by atoms with van der Waals surface area (Å²) in [5.41, 5.74) is -0.294. The van der Waals surface area contributed by atoms with Crippen LogP contribution in [0, 0.1) is 0 Å². The lowest BCUT2D eigenvalue weighted by molar-refractivity contribution is -0.137. The van der Waals surface area contributed by atoms with Crippen LogP contribution in [0.5, 0.6) is 5.75 Å². The first-order chi connectivity index (χ1) is 8.43. The molecule has 1 aromatic heterocycles. The molecule has 1 aromatic carbocycles. The van der Waals surface area contributed by atoms with Gasteiger partial charge in [0.2, 0.25) is 0 Å². The fourth-order valence-corrected chi connectivity index (χ4v) is 1.69. The van der Waals surface area contributed by atoms with Gasteiger partial charge in [0.15, 0.2) is 10.9 Å². The Labute approximate surface area is 106 Å². The van der Waals surface area contributed by atoms with E-state index in [9.17, 15) is 13.2 Å². The predicted molar refractivity (Wildman–Crippen MR) is 60.1 cm³/mol. The second-order valence-electron chi connectivity index (χ2n) is 3.46. The van der Waals surface area contributed by atoms with Crippen molar-refractivity contribution in [2.24, 2.45) is 0 Å². The summed E-state index contributed by atoms with van der Waals surface area (Å²) in [7, 11) is 1.43.